The molecule has 8 heteroatoms. The molecule has 0 aromatic carbocycles. The highest BCUT2D eigenvalue weighted by Crippen LogP contribution is 2.20. The van der Waals surface area contributed by atoms with Gasteiger partial charge < -0.3 is 14.7 Å². The minimum absolute atomic E-state index is 0.800. The maximum absolute atomic E-state index is 4.89. The van der Waals surface area contributed by atoms with Crippen molar-refractivity contribution in [3.05, 3.63) is 38.8 Å². The number of hydrogen-bond acceptors (Lipinski definition) is 5. The van der Waals surface area contributed by atoms with Gasteiger partial charge >= 0.3 is 0 Å². The Hall–Kier alpha value is -1.38. The van der Waals surface area contributed by atoms with Crippen LogP contribution in [0.4, 0.5) is 0 Å². The Labute approximate surface area is 148 Å². The number of piperazine rings is 1. The van der Waals surface area contributed by atoms with Gasteiger partial charge in [-0.25, -0.2) is 0 Å². The Morgan fingerprint density at radius 2 is 2.26 bits per heavy atom. The van der Waals surface area contributed by atoms with Crippen molar-refractivity contribution < 1.29 is 4.52 Å². The third-order valence-electron chi connectivity index (χ3n) is 3.83. The van der Waals surface area contributed by atoms with Crippen molar-refractivity contribution in [2.24, 2.45) is 4.99 Å². The summed E-state index contributed by atoms with van der Waals surface area (Å²) in [5, 5.41) is 9.57. The van der Waals surface area contributed by atoms with Crippen molar-refractivity contribution in [2.45, 2.75) is 13.1 Å². The number of aliphatic imine (C=N–C) groups is 1. The molecular formula is C15H20BrN5OS. The lowest BCUT2D eigenvalue weighted by Crippen LogP contribution is -2.52. The Balaban J connectivity index is 1.47. The summed E-state index contributed by atoms with van der Waals surface area (Å²) in [5.74, 6) is 0.966. The molecule has 0 bridgehead atoms. The average molecular weight is 398 g/mol. The third kappa shape index (κ3) is 4.55. The highest BCUT2D eigenvalue weighted by atomic mass is 79.9. The molecule has 2 aromatic rings. The van der Waals surface area contributed by atoms with Gasteiger partial charge in [0, 0.05) is 52.4 Å². The standard InChI is InChI=1S/C15H20BrN5OS/c1-17-15(18-9-12-8-14(16)23-11-12)21-5-3-20(4-6-21)10-13-2-7-22-19-13/h2,7-8,11H,3-6,9-10H2,1H3,(H,17,18). The second kappa shape index (κ2) is 7.94. The van der Waals surface area contributed by atoms with Crippen LogP contribution < -0.4 is 5.32 Å². The lowest BCUT2D eigenvalue weighted by atomic mass is 10.3. The van der Waals surface area contributed by atoms with Gasteiger partial charge in [0.15, 0.2) is 5.96 Å². The van der Waals surface area contributed by atoms with Gasteiger partial charge in [-0.05, 0) is 32.9 Å². The molecule has 23 heavy (non-hydrogen) atoms. The topological polar surface area (TPSA) is 56.9 Å². The van der Waals surface area contributed by atoms with Gasteiger partial charge in [0.1, 0.15) is 6.26 Å². The van der Waals surface area contributed by atoms with Gasteiger partial charge in [-0.3, -0.25) is 9.89 Å². The van der Waals surface area contributed by atoms with Crippen molar-refractivity contribution in [2.75, 3.05) is 33.2 Å². The van der Waals surface area contributed by atoms with E-state index in [4.69, 9.17) is 4.52 Å². The molecule has 1 aliphatic rings. The van der Waals surface area contributed by atoms with E-state index in [1.807, 2.05) is 13.1 Å². The van der Waals surface area contributed by atoms with Crippen LogP contribution in [-0.4, -0.2) is 54.1 Å². The monoisotopic (exact) mass is 397 g/mol. The number of nitrogens with one attached hydrogen (secondary N) is 1. The molecule has 1 fully saturated rings. The molecule has 3 heterocycles. The number of nitrogens with zero attached hydrogens (tertiary/aromatic N) is 4. The van der Waals surface area contributed by atoms with Crippen molar-refractivity contribution in [1.82, 2.24) is 20.3 Å². The van der Waals surface area contributed by atoms with E-state index in [0.29, 0.717) is 0 Å². The van der Waals surface area contributed by atoms with Gasteiger partial charge in [0.25, 0.3) is 0 Å². The number of thiophene rings is 1. The Morgan fingerprint density at radius 1 is 1.43 bits per heavy atom. The predicted molar refractivity (Wildman–Crippen MR) is 95.6 cm³/mol. The van der Waals surface area contributed by atoms with Crippen LogP contribution in [-0.2, 0) is 13.1 Å². The Kier molecular flexibility index (Phi) is 5.69. The zero-order chi connectivity index (χ0) is 16.1. The molecule has 1 N–H and O–H groups in total. The number of rotatable bonds is 4. The first-order valence-electron chi connectivity index (χ1n) is 7.54. The second-order valence-corrected chi connectivity index (χ2v) is 7.70. The summed E-state index contributed by atoms with van der Waals surface area (Å²) < 4.78 is 6.05. The molecule has 0 unspecified atom stereocenters. The van der Waals surface area contributed by atoms with Crippen LogP contribution in [0, 0.1) is 0 Å². The molecule has 0 amide bonds. The molecule has 0 atom stereocenters. The third-order valence-corrected chi connectivity index (χ3v) is 5.39. The summed E-state index contributed by atoms with van der Waals surface area (Å²) >= 11 is 5.20. The largest absolute Gasteiger partial charge is 0.364 e. The lowest BCUT2D eigenvalue weighted by Gasteiger charge is -2.36. The highest BCUT2D eigenvalue weighted by molar-refractivity contribution is 9.11. The number of hydrogen-bond donors (Lipinski definition) is 1. The second-order valence-electron chi connectivity index (χ2n) is 5.41. The fraction of sp³-hybridized carbons (Fsp3) is 0.467. The maximum Gasteiger partial charge on any atom is 0.194 e. The summed E-state index contributed by atoms with van der Waals surface area (Å²) in [5.41, 5.74) is 2.26. The molecule has 1 aliphatic heterocycles. The van der Waals surface area contributed by atoms with Crippen molar-refractivity contribution in [3.63, 3.8) is 0 Å². The molecule has 0 radical (unpaired) electrons. The van der Waals surface area contributed by atoms with Crippen LogP contribution in [0.5, 0.6) is 0 Å². The summed E-state index contributed by atoms with van der Waals surface area (Å²) in [6, 6.07) is 4.06. The molecule has 2 aromatic heterocycles. The van der Waals surface area contributed by atoms with Crippen molar-refractivity contribution in [1.29, 1.82) is 0 Å². The van der Waals surface area contributed by atoms with E-state index in [2.05, 4.69) is 52.6 Å². The number of halogens is 1. The fourth-order valence-corrected chi connectivity index (χ4v) is 3.83. The van der Waals surface area contributed by atoms with E-state index in [9.17, 15) is 0 Å². The number of aromatic nitrogens is 1. The van der Waals surface area contributed by atoms with E-state index >= 15 is 0 Å². The van der Waals surface area contributed by atoms with Crippen molar-refractivity contribution in [3.8, 4) is 0 Å². The maximum atomic E-state index is 4.89. The van der Waals surface area contributed by atoms with Crippen molar-refractivity contribution >= 4 is 33.2 Å². The molecule has 0 saturated carbocycles. The molecule has 3 rings (SSSR count). The Morgan fingerprint density at radius 3 is 2.87 bits per heavy atom. The van der Waals surface area contributed by atoms with E-state index in [1.165, 1.54) is 5.56 Å². The van der Waals surface area contributed by atoms with Gasteiger partial charge in [0.2, 0.25) is 0 Å². The summed E-state index contributed by atoms with van der Waals surface area (Å²) in [6.07, 6.45) is 1.63. The van der Waals surface area contributed by atoms with E-state index in [-0.39, 0.29) is 0 Å². The average Bonchev–Trinajstić information content (AvgIpc) is 3.21. The van der Waals surface area contributed by atoms with Crippen LogP contribution in [0.3, 0.4) is 0 Å². The Bertz CT molecular complexity index is 634. The molecule has 1 saturated heterocycles. The first-order chi connectivity index (χ1) is 11.2. The first kappa shape index (κ1) is 16.5. The summed E-state index contributed by atoms with van der Waals surface area (Å²) in [6.45, 7) is 5.57. The lowest BCUT2D eigenvalue weighted by molar-refractivity contribution is 0.169. The molecule has 124 valence electrons. The van der Waals surface area contributed by atoms with E-state index < -0.39 is 0 Å². The predicted octanol–water partition coefficient (Wildman–Crippen LogP) is 2.39. The zero-order valence-corrected chi connectivity index (χ0v) is 15.4. The van der Waals surface area contributed by atoms with Gasteiger partial charge in [-0.2, -0.15) is 0 Å². The normalized spacial score (nSPS) is 16.8. The minimum Gasteiger partial charge on any atom is -0.364 e. The van der Waals surface area contributed by atoms with E-state index in [0.717, 1.165) is 54.7 Å². The van der Waals surface area contributed by atoms with Gasteiger partial charge in [-0.15, -0.1) is 11.3 Å². The SMILES string of the molecule is CN=C(NCc1csc(Br)c1)N1CCN(Cc2ccon2)CC1. The van der Waals surface area contributed by atoms with Crippen LogP contribution in [0.15, 0.2) is 37.1 Å². The smallest absolute Gasteiger partial charge is 0.194 e. The fourth-order valence-electron chi connectivity index (χ4n) is 2.62. The minimum atomic E-state index is 0.800. The molecule has 0 spiro atoms. The zero-order valence-electron chi connectivity index (χ0n) is 13.0. The summed E-state index contributed by atoms with van der Waals surface area (Å²) in [7, 11) is 1.84. The van der Waals surface area contributed by atoms with Crippen LogP contribution >= 0.6 is 27.3 Å². The molecule has 6 nitrogen and oxygen atoms in total. The number of guanidine groups is 1. The summed E-state index contributed by atoms with van der Waals surface area (Å²) in [4.78, 5) is 9.10. The molecular weight excluding hydrogens is 378 g/mol. The van der Waals surface area contributed by atoms with E-state index in [1.54, 1.807) is 17.6 Å². The molecule has 0 aliphatic carbocycles. The quantitative estimate of drug-likeness (QED) is 0.633. The first-order valence-corrected chi connectivity index (χ1v) is 9.22. The van der Waals surface area contributed by atoms with Crippen LogP contribution in [0.2, 0.25) is 0 Å². The highest BCUT2D eigenvalue weighted by Gasteiger charge is 2.20. The van der Waals surface area contributed by atoms with Crippen LogP contribution in [0.1, 0.15) is 11.3 Å². The van der Waals surface area contributed by atoms with Crippen LogP contribution in [0.25, 0.3) is 0 Å². The van der Waals surface area contributed by atoms with Gasteiger partial charge in [0.05, 0.1) is 9.48 Å². The van der Waals surface area contributed by atoms with Gasteiger partial charge in [-0.1, -0.05) is 5.16 Å².